The van der Waals surface area contributed by atoms with E-state index in [0.29, 0.717) is 0 Å². The summed E-state index contributed by atoms with van der Waals surface area (Å²) >= 11 is 0. The lowest BCUT2D eigenvalue weighted by Gasteiger charge is -2.44. The molecule has 2 N–H and O–H groups in total. The lowest BCUT2D eigenvalue weighted by molar-refractivity contribution is -0.0650. The molecule has 0 bridgehead atoms. The Kier molecular flexibility index (Phi) is 7.31. The van der Waals surface area contributed by atoms with Gasteiger partial charge in [0.15, 0.2) is 8.32 Å². The van der Waals surface area contributed by atoms with E-state index in [4.69, 9.17) is 9.16 Å². The van der Waals surface area contributed by atoms with Gasteiger partial charge in [0.2, 0.25) is 0 Å². The second-order valence-electron chi connectivity index (χ2n) is 8.94. The van der Waals surface area contributed by atoms with Crippen LogP contribution in [0.5, 0.6) is 0 Å². The molecule has 1 aliphatic rings. The summed E-state index contributed by atoms with van der Waals surface area (Å²) in [5.41, 5.74) is 0.854. The summed E-state index contributed by atoms with van der Waals surface area (Å²) in [5.74, 6) is 0. The van der Waals surface area contributed by atoms with Gasteiger partial charge >= 0.3 is 6.09 Å². The molecule has 0 spiro atoms. The number of aliphatic hydroxyl groups excluding tert-OH is 2. The summed E-state index contributed by atoms with van der Waals surface area (Å²) in [6.45, 7) is 12.9. The van der Waals surface area contributed by atoms with Crippen LogP contribution in [0.3, 0.4) is 0 Å². The van der Waals surface area contributed by atoms with Crippen molar-refractivity contribution >= 4 is 14.4 Å². The molecule has 1 amide bonds. The zero-order valence-corrected chi connectivity index (χ0v) is 18.9. The molecule has 28 heavy (non-hydrogen) atoms. The molecule has 6 nitrogen and oxygen atoms in total. The monoisotopic (exact) mass is 409 g/mol. The third-order valence-electron chi connectivity index (χ3n) is 5.92. The Labute approximate surface area is 169 Å². The number of carbonyl (C=O) groups excluding carboxylic acids is 1. The van der Waals surface area contributed by atoms with Crippen LogP contribution in [0.1, 0.15) is 45.7 Å². The van der Waals surface area contributed by atoms with Crippen molar-refractivity contribution in [3.05, 3.63) is 35.9 Å². The van der Waals surface area contributed by atoms with Crippen LogP contribution >= 0.6 is 0 Å². The molecule has 0 aromatic heterocycles. The number of hydrogen-bond donors (Lipinski definition) is 2. The molecule has 0 unspecified atom stereocenters. The quantitative estimate of drug-likeness (QED) is 0.741. The van der Waals surface area contributed by atoms with Gasteiger partial charge in [0.05, 0.1) is 24.9 Å². The molecule has 1 fully saturated rings. The Hall–Kier alpha value is -1.41. The van der Waals surface area contributed by atoms with Crippen molar-refractivity contribution in [2.24, 2.45) is 0 Å². The van der Waals surface area contributed by atoms with Gasteiger partial charge in [0.1, 0.15) is 6.10 Å². The van der Waals surface area contributed by atoms with Crippen LogP contribution in [0.25, 0.3) is 0 Å². The van der Waals surface area contributed by atoms with Gasteiger partial charge in [-0.1, -0.05) is 51.1 Å². The van der Waals surface area contributed by atoms with Crippen molar-refractivity contribution in [3.8, 4) is 0 Å². The molecule has 1 heterocycles. The summed E-state index contributed by atoms with van der Waals surface area (Å²) < 4.78 is 11.9. The van der Waals surface area contributed by atoms with Crippen molar-refractivity contribution in [3.63, 3.8) is 0 Å². The van der Waals surface area contributed by atoms with Crippen molar-refractivity contribution in [1.29, 1.82) is 0 Å². The smallest absolute Gasteiger partial charge is 0.410 e. The normalized spacial score (nSPS) is 26.6. The van der Waals surface area contributed by atoms with E-state index in [1.165, 1.54) is 0 Å². The zero-order valence-electron chi connectivity index (χ0n) is 17.9. The predicted octanol–water partition coefficient (Wildman–Crippen LogP) is 3.70. The van der Waals surface area contributed by atoms with Gasteiger partial charge in [-0.3, -0.25) is 4.90 Å². The third kappa shape index (κ3) is 4.95. The van der Waals surface area contributed by atoms with Crippen molar-refractivity contribution in [2.45, 2.75) is 76.6 Å². The Balaban J connectivity index is 2.54. The molecule has 1 aromatic carbocycles. The van der Waals surface area contributed by atoms with Gasteiger partial charge in [0.25, 0.3) is 0 Å². The van der Waals surface area contributed by atoms with E-state index in [9.17, 15) is 15.0 Å². The van der Waals surface area contributed by atoms with E-state index < -0.39 is 38.8 Å². The Bertz CT molecular complexity index is 646. The number of nitrogens with zero attached hydrogens (tertiary/aromatic N) is 1. The molecule has 1 aliphatic heterocycles. The average molecular weight is 410 g/mol. The first kappa shape index (κ1) is 22.9. The van der Waals surface area contributed by atoms with Gasteiger partial charge in [-0.25, -0.2) is 4.79 Å². The van der Waals surface area contributed by atoms with Crippen molar-refractivity contribution in [1.82, 2.24) is 4.90 Å². The highest BCUT2D eigenvalue weighted by molar-refractivity contribution is 6.74. The maximum Gasteiger partial charge on any atom is 0.410 e. The summed E-state index contributed by atoms with van der Waals surface area (Å²) in [5, 5.41) is 21.4. The number of aliphatic hydroxyl groups is 2. The lowest BCUT2D eigenvalue weighted by Crippen LogP contribution is -2.53. The molecular weight excluding hydrogens is 374 g/mol. The van der Waals surface area contributed by atoms with E-state index in [0.717, 1.165) is 5.56 Å². The molecule has 1 aromatic rings. The lowest BCUT2D eigenvalue weighted by atomic mass is 9.95. The van der Waals surface area contributed by atoms with E-state index in [-0.39, 0.29) is 24.6 Å². The van der Waals surface area contributed by atoms with Gasteiger partial charge in [-0.15, -0.1) is 0 Å². The minimum Gasteiger partial charge on any atom is -0.450 e. The van der Waals surface area contributed by atoms with E-state index in [1.54, 1.807) is 11.8 Å². The minimum absolute atomic E-state index is 0.0834. The fourth-order valence-corrected chi connectivity index (χ4v) is 4.55. The summed E-state index contributed by atoms with van der Waals surface area (Å²) in [6, 6.07) is 9.00. The van der Waals surface area contributed by atoms with Gasteiger partial charge in [-0.2, -0.15) is 0 Å². The van der Waals surface area contributed by atoms with Crippen molar-refractivity contribution < 1.29 is 24.2 Å². The number of rotatable bonds is 4. The van der Waals surface area contributed by atoms with Gasteiger partial charge < -0.3 is 19.4 Å². The van der Waals surface area contributed by atoms with E-state index in [2.05, 4.69) is 33.9 Å². The first-order valence-electron chi connectivity index (χ1n) is 10.0. The highest BCUT2D eigenvalue weighted by atomic mass is 28.4. The standard InChI is InChI=1S/C21H35NO5Si/c1-7-26-20(25)22-14-13-16(23)18(24)19(27-28(5,6)21(2,3)4)17(22)15-11-9-8-10-12-15/h8-12,16-19,23-24H,7,13-14H2,1-6H3/t16-,17+,18-,19-/m0/s1. The van der Waals surface area contributed by atoms with Crippen LogP contribution in [0, 0.1) is 0 Å². The zero-order chi connectivity index (χ0) is 21.1. The maximum atomic E-state index is 12.8. The fourth-order valence-electron chi connectivity index (χ4n) is 3.25. The van der Waals surface area contributed by atoms with Crippen molar-refractivity contribution in [2.75, 3.05) is 13.2 Å². The molecule has 158 valence electrons. The summed E-state index contributed by atoms with van der Waals surface area (Å²) in [4.78, 5) is 14.3. The van der Waals surface area contributed by atoms with Crippen LogP contribution in [-0.2, 0) is 9.16 Å². The Morgan fingerprint density at radius 1 is 1.21 bits per heavy atom. The number of ether oxygens (including phenoxy) is 1. The molecule has 0 aliphatic carbocycles. The topological polar surface area (TPSA) is 79.2 Å². The second kappa shape index (κ2) is 8.94. The van der Waals surface area contributed by atoms with Crippen LogP contribution in [0.2, 0.25) is 18.1 Å². The fraction of sp³-hybridized carbons (Fsp3) is 0.667. The largest absolute Gasteiger partial charge is 0.450 e. The molecule has 7 heteroatoms. The summed E-state index contributed by atoms with van der Waals surface area (Å²) in [6.07, 6.45) is -3.01. The Morgan fingerprint density at radius 2 is 1.82 bits per heavy atom. The number of carbonyl (C=O) groups is 1. The number of hydrogen-bond acceptors (Lipinski definition) is 5. The molecular formula is C21H35NO5Si. The van der Waals surface area contributed by atoms with Crippen LogP contribution < -0.4 is 0 Å². The number of likely N-dealkylation sites (tertiary alicyclic amines) is 1. The molecule has 0 radical (unpaired) electrons. The maximum absolute atomic E-state index is 12.8. The van der Waals surface area contributed by atoms with Crippen LogP contribution in [0.4, 0.5) is 4.79 Å². The second-order valence-corrected chi connectivity index (χ2v) is 13.7. The average Bonchev–Trinajstić information content (AvgIpc) is 2.73. The molecule has 4 atom stereocenters. The van der Waals surface area contributed by atoms with Crippen LogP contribution in [-0.4, -0.2) is 61.0 Å². The summed E-state index contributed by atoms with van der Waals surface area (Å²) in [7, 11) is -2.29. The Morgan fingerprint density at radius 3 is 2.36 bits per heavy atom. The molecule has 1 saturated heterocycles. The van der Waals surface area contributed by atoms with Gasteiger partial charge in [-0.05, 0) is 37.0 Å². The number of amides is 1. The van der Waals surface area contributed by atoms with Gasteiger partial charge in [0, 0.05) is 6.54 Å². The predicted molar refractivity (Wildman–Crippen MR) is 112 cm³/mol. The minimum atomic E-state index is -2.29. The third-order valence-corrected chi connectivity index (χ3v) is 10.4. The molecule has 0 saturated carbocycles. The van der Waals surface area contributed by atoms with Crippen LogP contribution in [0.15, 0.2) is 30.3 Å². The molecule has 2 rings (SSSR count). The first-order chi connectivity index (χ1) is 13.0. The highest BCUT2D eigenvalue weighted by Gasteiger charge is 2.48. The first-order valence-corrected chi connectivity index (χ1v) is 12.9. The van der Waals surface area contributed by atoms with E-state index in [1.807, 2.05) is 30.3 Å². The highest BCUT2D eigenvalue weighted by Crippen LogP contribution is 2.42. The SMILES string of the molecule is CCOC(=O)N1CC[C@H](O)[C@H](O)[C@@H](O[Si](C)(C)C(C)(C)C)[C@H]1c1ccccc1. The number of benzene rings is 1. The van der Waals surface area contributed by atoms with E-state index >= 15 is 0 Å².